The van der Waals surface area contributed by atoms with Crippen LogP contribution in [0.15, 0.2) is 6.07 Å². The van der Waals surface area contributed by atoms with Gasteiger partial charge in [-0.2, -0.15) is 0 Å². The van der Waals surface area contributed by atoms with Gasteiger partial charge in [0.25, 0.3) is 0 Å². The quantitative estimate of drug-likeness (QED) is 0.471. The van der Waals surface area contributed by atoms with Crippen molar-refractivity contribution in [1.29, 1.82) is 0 Å². The van der Waals surface area contributed by atoms with Gasteiger partial charge in [-0.25, -0.2) is 9.97 Å². The van der Waals surface area contributed by atoms with Crippen LogP contribution in [0.1, 0.15) is 12.2 Å². The van der Waals surface area contributed by atoms with E-state index in [2.05, 4.69) is 21.2 Å². The summed E-state index contributed by atoms with van der Waals surface area (Å²) < 4.78 is 4.92. The first kappa shape index (κ1) is 11.8. The molecule has 0 aliphatic carbocycles. The van der Waals surface area contributed by atoms with Crippen LogP contribution in [0.4, 0.5) is 5.82 Å². The summed E-state index contributed by atoms with van der Waals surface area (Å²) in [5.41, 5.74) is 0. The maximum Gasteiger partial charge on any atom is 0.158 e. The Morgan fingerprint density at radius 1 is 1.60 bits per heavy atom. The fraction of sp³-hybridized carbons (Fsp3) is 0.400. The van der Waals surface area contributed by atoms with Gasteiger partial charge in [-0.3, -0.25) is 0 Å². The number of nitrogens with one attached hydrogen (secondary N) is 1. The van der Waals surface area contributed by atoms with Gasteiger partial charge in [0.15, 0.2) is 5.82 Å². The molecule has 0 aromatic carbocycles. The molecule has 1 N–H and O–H groups in total. The number of hydrogen-bond donors (Lipinski definition) is 1. The van der Waals surface area contributed by atoms with Gasteiger partial charge in [0.1, 0.15) is 17.6 Å². The summed E-state index contributed by atoms with van der Waals surface area (Å²) in [6, 6.07) is 1.65. The lowest BCUT2D eigenvalue weighted by atomic mass is 10.4. The summed E-state index contributed by atoms with van der Waals surface area (Å²) in [7, 11) is 1.58. The van der Waals surface area contributed by atoms with E-state index in [1.165, 1.54) is 0 Å². The topological polar surface area (TPSA) is 47.0 Å². The third kappa shape index (κ3) is 4.15. The van der Waals surface area contributed by atoms with Crippen molar-refractivity contribution in [3.63, 3.8) is 0 Å². The average Bonchev–Trinajstić information content (AvgIpc) is 2.18. The normalized spacial score (nSPS) is 9.67. The Bertz CT molecular complexity index is 362. The number of anilines is 1. The van der Waals surface area contributed by atoms with Crippen molar-refractivity contribution in [2.24, 2.45) is 0 Å². The predicted molar refractivity (Wildman–Crippen MR) is 59.7 cm³/mol. The average molecular weight is 226 g/mol. The summed E-state index contributed by atoms with van der Waals surface area (Å²) in [5.74, 6) is 3.74. The molecule has 1 heterocycles. The molecule has 1 rings (SSSR count). The second-order valence-corrected chi connectivity index (χ2v) is 3.19. The molecule has 0 bridgehead atoms. The van der Waals surface area contributed by atoms with Crippen molar-refractivity contribution in [3.8, 4) is 12.3 Å². The van der Waals surface area contributed by atoms with Crippen LogP contribution in [0.5, 0.6) is 0 Å². The van der Waals surface area contributed by atoms with Crippen molar-refractivity contribution in [3.05, 3.63) is 17.0 Å². The van der Waals surface area contributed by atoms with E-state index in [0.717, 1.165) is 0 Å². The van der Waals surface area contributed by atoms with Gasteiger partial charge in [0, 0.05) is 26.1 Å². The van der Waals surface area contributed by atoms with E-state index < -0.39 is 0 Å². The number of aromatic nitrogens is 2. The first-order chi connectivity index (χ1) is 7.26. The third-order valence-corrected chi connectivity index (χ3v) is 1.78. The van der Waals surface area contributed by atoms with E-state index in [1.54, 1.807) is 13.2 Å². The summed E-state index contributed by atoms with van der Waals surface area (Å²) in [4.78, 5) is 8.20. The Morgan fingerprint density at radius 2 is 2.40 bits per heavy atom. The van der Waals surface area contributed by atoms with Gasteiger partial charge in [0.05, 0.1) is 0 Å². The van der Waals surface area contributed by atoms with E-state index in [1.807, 2.05) is 0 Å². The van der Waals surface area contributed by atoms with Crippen LogP contribution in [0.3, 0.4) is 0 Å². The maximum atomic E-state index is 5.81. The van der Waals surface area contributed by atoms with Crippen LogP contribution in [-0.4, -0.2) is 23.6 Å². The van der Waals surface area contributed by atoms with Gasteiger partial charge in [0.2, 0.25) is 0 Å². The number of rotatable bonds is 5. The van der Waals surface area contributed by atoms with Crippen molar-refractivity contribution < 1.29 is 4.74 Å². The highest BCUT2D eigenvalue weighted by molar-refractivity contribution is 6.29. The Morgan fingerprint density at radius 3 is 3.07 bits per heavy atom. The highest BCUT2D eigenvalue weighted by atomic mass is 35.5. The van der Waals surface area contributed by atoms with Crippen LogP contribution in [0, 0.1) is 12.3 Å². The second kappa shape index (κ2) is 6.23. The first-order valence-electron chi connectivity index (χ1n) is 4.46. The molecule has 0 atom stereocenters. The molecule has 80 valence electrons. The standard InChI is InChI=1S/C10H12ClN3O/c1-3-4-5-12-9-6-8(11)13-10(14-9)7-15-2/h1,6H,4-5,7H2,2H3,(H,12,13,14). The van der Waals surface area contributed by atoms with Gasteiger partial charge in [-0.15, -0.1) is 12.3 Å². The zero-order chi connectivity index (χ0) is 11.1. The molecule has 1 aromatic heterocycles. The van der Waals surface area contributed by atoms with E-state index in [-0.39, 0.29) is 0 Å². The number of hydrogen-bond acceptors (Lipinski definition) is 4. The summed E-state index contributed by atoms with van der Waals surface area (Å²) in [6.45, 7) is 1.00. The molecule has 0 spiro atoms. The number of halogens is 1. The SMILES string of the molecule is C#CCCNc1cc(Cl)nc(COC)n1. The zero-order valence-corrected chi connectivity index (χ0v) is 9.21. The van der Waals surface area contributed by atoms with Crippen LogP contribution >= 0.6 is 11.6 Å². The molecule has 0 fully saturated rings. The number of methoxy groups -OCH3 is 1. The van der Waals surface area contributed by atoms with Gasteiger partial charge >= 0.3 is 0 Å². The Kier molecular flexibility index (Phi) is 4.88. The van der Waals surface area contributed by atoms with Crippen LogP contribution < -0.4 is 5.32 Å². The molecule has 0 amide bonds. The molecule has 0 radical (unpaired) electrons. The molecule has 0 saturated carbocycles. The maximum absolute atomic E-state index is 5.81. The monoisotopic (exact) mass is 225 g/mol. The molecular weight excluding hydrogens is 214 g/mol. The lowest BCUT2D eigenvalue weighted by Gasteiger charge is -2.05. The summed E-state index contributed by atoms with van der Waals surface area (Å²) in [6.07, 6.45) is 5.77. The molecular formula is C10H12ClN3O. The minimum atomic E-state index is 0.338. The Labute approximate surface area is 94.0 Å². The van der Waals surface area contributed by atoms with Gasteiger partial charge in [-0.05, 0) is 0 Å². The molecule has 0 unspecified atom stereocenters. The number of terminal acetylenes is 1. The smallest absolute Gasteiger partial charge is 0.158 e. The van der Waals surface area contributed by atoms with Gasteiger partial charge < -0.3 is 10.1 Å². The number of ether oxygens (including phenoxy) is 1. The molecule has 1 aromatic rings. The molecule has 4 nitrogen and oxygen atoms in total. The predicted octanol–water partition coefficient (Wildman–Crippen LogP) is 1.71. The van der Waals surface area contributed by atoms with Crippen molar-refractivity contribution >= 4 is 17.4 Å². The molecule has 0 saturated heterocycles. The fourth-order valence-corrected chi connectivity index (χ4v) is 1.21. The second-order valence-electron chi connectivity index (χ2n) is 2.81. The molecule has 15 heavy (non-hydrogen) atoms. The minimum absolute atomic E-state index is 0.338. The highest BCUT2D eigenvalue weighted by Crippen LogP contribution is 2.11. The Hall–Kier alpha value is -1.31. The fourth-order valence-electron chi connectivity index (χ4n) is 1.01. The molecule has 5 heteroatoms. The van der Waals surface area contributed by atoms with Crippen molar-refractivity contribution in [2.75, 3.05) is 19.0 Å². The molecule has 0 aliphatic rings. The van der Waals surface area contributed by atoms with E-state index in [0.29, 0.717) is 36.4 Å². The Balaban J connectivity index is 2.67. The van der Waals surface area contributed by atoms with Crippen molar-refractivity contribution in [2.45, 2.75) is 13.0 Å². The van der Waals surface area contributed by atoms with Crippen LogP contribution in [-0.2, 0) is 11.3 Å². The van der Waals surface area contributed by atoms with Crippen LogP contribution in [0.25, 0.3) is 0 Å². The lowest BCUT2D eigenvalue weighted by Crippen LogP contribution is -2.06. The number of nitrogens with zero attached hydrogens (tertiary/aromatic N) is 2. The largest absolute Gasteiger partial charge is 0.377 e. The summed E-state index contributed by atoms with van der Waals surface area (Å²) in [5, 5.41) is 3.44. The zero-order valence-electron chi connectivity index (χ0n) is 8.46. The first-order valence-corrected chi connectivity index (χ1v) is 4.83. The lowest BCUT2D eigenvalue weighted by molar-refractivity contribution is 0.178. The molecule has 0 aliphatic heterocycles. The third-order valence-electron chi connectivity index (χ3n) is 1.59. The van der Waals surface area contributed by atoms with E-state index >= 15 is 0 Å². The van der Waals surface area contributed by atoms with Crippen LogP contribution in [0.2, 0.25) is 5.15 Å². The minimum Gasteiger partial charge on any atom is -0.377 e. The highest BCUT2D eigenvalue weighted by Gasteiger charge is 2.02. The summed E-state index contributed by atoms with van der Waals surface area (Å²) >= 11 is 5.81. The van der Waals surface area contributed by atoms with Gasteiger partial charge in [-0.1, -0.05) is 11.6 Å². The van der Waals surface area contributed by atoms with E-state index in [9.17, 15) is 0 Å². The van der Waals surface area contributed by atoms with E-state index in [4.69, 9.17) is 22.8 Å². The van der Waals surface area contributed by atoms with Crippen molar-refractivity contribution in [1.82, 2.24) is 9.97 Å².